The van der Waals surface area contributed by atoms with Crippen molar-refractivity contribution in [2.24, 2.45) is 7.05 Å². The highest BCUT2D eigenvalue weighted by Crippen LogP contribution is 2.31. The second-order valence-electron chi connectivity index (χ2n) is 6.53. The second kappa shape index (κ2) is 6.61. The number of benzene rings is 1. The first-order chi connectivity index (χ1) is 11.8. The summed E-state index contributed by atoms with van der Waals surface area (Å²) in [5.74, 6) is 1.08. The number of likely N-dealkylation sites (tertiary alicyclic amines) is 1. The summed E-state index contributed by atoms with van der Waals surface area (Å²) in [7, 11) is 2.06. The fourth-order valence-electron chi connectivity index (χ4n) is 3.51. The van der Waals surface area contributed by atoms with Crippen LogP contribution in [-0.2, 0) is 13.6 Å². The fraction of sp³-hybridized carbons (Fsp3) is 0.368. The highest BCUT2D eigenvalue weighted by atomic mass is 15.2. The Labute approximate surface area is 142 Å². The molecular formula is C19H23N5. The largest absolute Gasteiger partial charge is 0.341 e. The smallest absolute Gasteiger partial charge is 0.123 e. The van der Waals surface area contributed by atoms with Crippen molar-refractivity contribution in [1.82, 2.24) is 24.4 Å². The van der Waals surface area contributed by atoms with E-state index in [0.717, 1.165) is 31.0 Å². The van der Waals surface area contributed by atoms with Crippen LogP contribution in [0.2, 0.25) is 0 Å². The van der Waals surface area contributed by atoms with E-state index in [2.05, 4.69) is 50.7 Å². The number of nitrogens with zero attached hydrogens (tertiary/aromatic N) is 4. The fourth-order valence-corrected chi connectivity index (χ4v) is 3.51. The standard InChI is InChI=1S/C19H23N5/c1-23-14-20-11-16(23)13-24-10-6-5-9-18(24)19-21-12-17(22-19)15-7-3-2-4-8-15/h2-4,7-8,11-12,14,18H,5-6,9-10,13H2,1H3,(H,21,22)/t18-/m0/s1. The summed E-state index contributed by atoms with van der Waals surface area (Å²) in [5, 5.41) is 0. The molecular weight excluding hydrogens is 298 g/mol. The summed E-state index contributed by atoms with van der Waals surface area (Å²) >= 11 is 0. The third-order valence-corrected chi connectivity index (χ3v) is 4.89. The zero-order chi connectivity index (χ0) is 16.4. The molecule has 3 aromatic rings. The van der Waals surface area contributed by atoms with Crippen molar-refractivity contribution in [2.75, 3.05) is 6.54 Å². The molecule has 5 heteroatoms. The number of H-pyrrole nitrogens is 1. The maximum Gasteiger partial charge on any atom is 0.123 e. The van der Waals surface area contributed by atoms with Gasteiger partial charge in [-0.3, -0.25) is 4.90 Å². The Bertz CT molecular complexity index is 789. The molecule has 3 heterocycles. The van der Waals surface area contributed by atoms with E-state index in [0.29, 0.717) is 6.04 Å². The number of imidazole rings is 2. The van der Waals surface area contributed by atoms with Crippen LogP contribution in [0.5, 0.6) is 0 Å². The third-order valence-electron chi connectivity index (χ3n) is 4.89. The summed E-state index contributed by atoms with van der Waals surface area (Å²) in [4.78, 5) is 15.0. The molecule has 2 aromatic heterocycles. The summed E-state index contributed by atoms with van der Waals surface area (Å²) in [6.07, 6.45) is 9.45. The van der Waals surface area contributed by atoms with Gasteiger partial charge in [0, 0.05) is 19.8 Å². The lowest BCUT2D eigenvalue weighted by molar-refractivity contribution is 0.131. The highest BCUT2D eigenvalue weighted by Gasteiger charge is 2.27. The summed E-state index contributed by atoms with van der Waals surface area (Å²) in [6, 6.07) is 10.7. The van der Waals surface area contributed by atoms with Crippen LogP contribution in [-0.4, -0.2) is 31.0 Å². The van der Waals surface area contributed by atoms with Crippen LogP contribution < -0.4 is 0 Å². The summed E-state index contributed by atoms with van der Waals surface area (Å²) < 4.78 is 2.10. The van der Waals surface area contributed by atoms with Crippen LogP contribution in [0.15, 0.2) is 49.1 Å². The van der Waals surface area contributed by atoms with Crippen LogP contribution in [0, 0.1) is 0 Å². The van der Waals surface area contributed by atoms with Gasteiger partial charge in [0.05, 0.1) is 30.0 Å². The first kappa shape index (κ1) is 15.1. The van der Waals surface area contributed by atoms with Gasteiger partial charge in [0.2, 0.25) is 0 Å². The molecule has 1 saturated heterocycles. The van der Waals surface area contributed by atoms with Crippen LogP contribution in [0.3, 0.4) is 0 Å². The Kier molecular flexibility index (Phi) is 4.17. The van der Waals surface area contributed by atoms with Crippen LogP contribution >= 0.6 is 0 Å². The first-order valence-electron chi connectivity index (χ1n) is 8.61. The Hall–Kier alpha value is -2.40. The number of aryl methyl sites for hydroxylation is 1. The van der Waals surface area contributed by atoms with E-state index in [9.17, 15) is 0 Å². The number of rotatable bonds is 4. The molecule has 1 aromatic carbocycles. The molecule has 0 amide bonds. The molecule has 1 fully saturated rings. The molecule has 0 saturated carbocycles. The number of hydrogen-bond donors (Lipinski definition) is 1. The Morgan fingerprint density at radius 2 is 2.04 bits per heavy atom. The van der Waals surface area contributed by atoms with Crippen molar-refractivity contribution in [3.05, 3.63) is 60.6 Å². The molecule has 4 rings (SSSR count). The van der Waals surface area contributed by atoms with Crippen LogP contribution in [0.1, 0.15) is 36.8 Å². The maximum absolute atomic E-state index is 4.70. The molecule has 0 radical (unpaired) electrons. The van der Waals surface area contributed by atoms with Gasteiger partial charge in [-0.15, -0.1) is 0 Å². The van der Waals surface area contributed by atoms with Gasteiger partial charge in [0.1, 0.15) is 5.82 Å². The molecule has 1 aliphatic rings. The van der Waals surface area contributed by atoms with E-state index < -0.39 is 0 Å². The van der Waals surface area contributed by atoms with E-state index >= 15 is 0 Å². The number of nitrogens with one attached hydrogen (secondary N) is 1. The zero-order valence-electron chi connectivity index (χ0n) is 14.0. The number of aromatic amines is 1. The van der Waals surface area contributed by atoms with Gasteiger partial charge < -0.3 is 9.55 Å². The number of hydrogen-bond acceptors (Lipinski definition) is 3. The summed E-state index contributed by atoms with van der Waals surface area (Å²) in [5.41, 5.74) is 3.53. The molecule has 124 valence electrons. The minimum Gasteiger partial charge on any atom is -0.341 e. The SMILES string of the molecule is Cn1cncc1CN1CCCC[C@H]1c1ncc(-c2ccccc2)[nH]1. The average molecular weight is 321 g/mol. The van der Waals surface area contributed by atoms with Crippen molar-refractivity contribution in [2.45, 2.75) is 31.8 Å². The Balaban J connectivity index is 1.57. The lowest BCUT2D eigenvalue weighted by Gasteiger charge is -2.34. The van der Waals surface area contributed by atoms with Gasteiger partial charge in [-0.2, -0.15) is 0 Å². The lowest BCUT2D eigenvalue weighted by atomic mass is 10.0. The molecule has 0 bridgehead atoms. The van der Waals surface area contributed by atoms with Crippen LogP contribution in [0.4, 0.5) is 0 Å². The van der Waals surface area contributed by atoms with Crippen molar-refractivity contribution >= 4 is 0 Å². The van der Waals surface area contributed by atoms with Gasteiger partial charge in [-0.05, 0) is 24.9 Å². The molecule has 5 nitrogen and oxygen atoms in total. The Morgan fingerprint density at radius 3 is 2.83 bits per heavy atom. The van der Waals surface area contributed by atoms with Gasteiger partial charge in [-0.1, -0.05) is 36.8 Å². The molecule has 0 aliphatic carbocycles. The third kappa shape index (κ3) is 2.99. The molecule has 0 unspecified atom stereocenters. The van der Waals surface area contributed by atoms with E-state index in [1.165, 1.54) is 24.1 Å². The number of piperidine rings is 1. The second-order valence-corrected chi connectivity index (χ2v) is 6.53. The quantitative estimate of drug-likeness (QED) is 0.799. The van der Waals surface area contributed by atoms with E-state index in [1.807, 2.05) is 24.8 Å². The molecule has 24 heavy (non-hydrogen) atoms. The van der Waals surface area contributed by atoms with Crippen LogP contribution in [0.25, 0.3) is 11.3 Å². The maximum atomic E-state index is 4.70. The van der Waals surface area contributed by atoms with Crippen molar-refractivity contribution in [1.29, 1.82) is 0 Å². The average Bonchev–Trinajstić information content (AvgIpc) is 3.26. The highest BCUT2D eigenvalue weighted by molar-refractivity contribution is 5.58. The van der Waals surface area contributed by atoms with Crippen molar-refractivity contribution in [3.63, 3.8) is 0 Å². The van der Waals surface area contributed by atoms with Gasteiger partial charge in [0.15, 0.2) is 0 Å². The molecule has 1 atom stereocenters. The normalized spacial score (nSPS) is 18.8. The van der Waals surface area contributed by atoms with E-state index in [-0.39, 0.29) is 0 Å². The predicted octanol–water partition coefficient (Wildman–Crippen LogP) is 3.54. The molecule has 1 aliphatic heterocycles. The van der Waals surface area contributed by atoms with Gasteiger partial charge in [-0.25, -0.2) is 9.97 Å². The van der Waals surface area contributed by atoms with Gasteiger partial charge >= 0.3 is 0 Å². The topological polar surface area (TPSA) is 49.7 Å². The summed E-state index contributed by atoms with van der Waals surface area (Å²) in [6.45, 7) is 2.03. The number of aromatic nitrogens is 4. The predicted molar refractivity (Wildman–Crippen MR) is 94.2 cm³/mol. The van der Waals surface area contributed by atoms with E-state index in [1.54, 1.807) is 0 Å². The van der Waals surface area contributed by atoms with Crippen molar-refractivity contribution in [3.8, 4) is 11.3 Å². The minimum atomic E-state index is 0.353. The zero-order valence-corrected chi connectivity index (χ0v) is 14.0. The van der Waals surface area contributed by atoms with Gasteiger partial charge in [0.25, 0.3) is 0 Å². The Morgan fingerprint density at radius 1 is 1.17 bits per heavy atom. The monoisotopic (exact) mass is 321 g/mol. The minimum absolute atomic E-state index is 0.353. The van der Waals surface area contributed by atoms with E-state index in [4.69, 9.17) is 4.98 Å². The van der Waals surface area contributed by atoms with Crippen molar-refractivity contribution < 1.29 is 0 Å². The molecule has 0 spiro atoms. The lowest BCUT2D eigenvalue weighted by Crippen LogP contribution is -2.34. The first-order valence-corrected chi connectivity index (χ1v) is 8.61. The molecule has 1 N–H and O–H groups in total.